The van der Waals surface area contributed by atoms with Crippen LogP contribution in [-0.4, -0.2) is 48.2 Å². The van der Waals surface area contributed by atoms with Gasteiger partial charge in [0.15, 0.2) is 0 Å². The number of hydrogen-bond donors (Lipinski definition) is 2. The van der Waals surface area contributed by atoms with Gasteiger partial charge in [0.05, 0.1) is 11.1 Å². The molecule has 0 bridgehead atoms. The number of anilines is 1. The van der Waals surface area contributed by atoms with Crippen LogP contribution in [0.15, 0.2) is 40.9 Å². The Balaban J connectivity index is 1.70. The van der Waals surface area contributed by atoms with Gasteiger partial charge >= 0.3 is 12.6 Å². The summed E-state index contributed by atoms with van der Waals surface area (Å²) >= 11 is 3.46. The predicted molar refractivity (Wildman–Crippen MR) is 145 cm³/mol. The highest BCUT2D eigenvalue weighted by Crippen LogP contribution is 2.35. The van der Waals surface area contributed by atoms with Crippen molar-refractivity contribution in [1.29, 1.82) is 0 Å². The van der Waals surface area contributed by atoms with Crippen molar-refractivity contribution >= 4 is 44.5 Å². The number of carbonyl (C=O) groups excluding carboxylic acids is 1. The van der Waals surface area contributed by atoms with E-state index in [9.17, 15) is 27.9 Å². The number of pyridine rings is 1. The summed E-state index contributed by atoms with van der Waals surface area (Å²) in [7, 11) is 0. The number of carboxylic acid groups (broad SMARTS) is 1. The van der Waals surface area contributed by atoms with Gasteiger partial charge in [-0.15, -0.1) is 0 Å². The Morgan fingerprint density at radius 1 is 1.18 bits per heavy atom. The third-order valence-corrected chi connectivity index (χ3v) is 7.39. The van der Waals surface area contributed by atoms with E-state index >= 15 is 0 Å². The van der Waals surface area contributed by atoms with E-state index in [1.165, 1.54) is 12.1 Å². The SMILES string of the molecule is Cc1c(N2CCCCC2)nc2ccc(Br)cc2c1C(=O)NCC(CCC(=O)O)c1c(F)cccc1OC(F)F. The fourth-order valence-electron chi connectivity index (χ4n) is 5.09. The molecule has 0 saturated carbocycles. The molecule has 0 aliphatic carbocycles. The number of aromatic nitrogens is 1. The molecule has 3 aromatic rings. The average Bonchev–Trinajstić information content (AvgIpc) is 2.89. The van der Waals surface area contributed by atoms with Crippen LogP contribution in [0.3, 0.4) is 0 Å². The Morgan fingerprint density at radius 3 is 2.62 bits per heavy atom. The smallest absolute Gasteiger partial charge is 0.387 e. The lowest BCUT2D eigenvalue weighted by molar-refractivity contribution is -0.137. The van der Waals surface area contributed by atoms with Gasteiger partial charge in [0.1, 0.15) is 17.4 Å². The van der Waals surface area contributed by atoms with E-state index in [-0.39, 0.29) is 24.9 Å². The van der Waals surface area contributed by atoms with Gasteiger partial charge < -0.3 is 20.1 Å². The fourth-order valence-corrected chi connectivity index (χ4v) is 5.45. The molecule has 2 heterocycles. The molecule has 11 heteroatoms. The molecule has 1 atom stereocenters. The number of aliphatic carboxylic acids is 1. The number of benzene rings is 2. The van der Waals surface area contributed by atoms with Crippen LogP contribution in [0, 0.1) is 12.7 Å². The largest absolute Gasteiger partial charge is 0.481 e. The molecule has 0 spiro atoms. The maximum atomic E-state index is 14.9. The Hall–Kier alpha value is -3.34. The van der Waals surface area contributed by atoms with Gasteiger partial charge in [-0.2, -0.15) is 8.78 Å². The molecule has 7 nitrogen and oxygen atoms in total. The highest BCUT2D eigenvalue weighted by molar-refractivity contribution is 9.10. The van der Waals surface area contributed by atoms with E-state index in [1.807, 2.05) is 19.1 Å². The molecule has 0 radical (unpaired) electrons. The van der Waals surface area contributed by atoms with Crippen LogP contribution < -0.4 is 15.0 Å². The number of nitrogens with one attached hydrogen (secondary N) is 1. The normalized spacial score (nSPS) is 14.5. The van der Waals surface area contributed by atoms with Crippen molar-refractivity contribution in [3.8, 4) is 5.75 Å². The summed E-state index contributed by atoms with van der Waals surface area (Å²) < 4.78 is 46.3. The van der Waals surface area contributed by atoms with E-state index in [4.69, 9.17) is 4.98 Å². The number of carbonyl (C=O) groups is 2. The molecule has 1 saturated heterocycles. The molecular weight excluding hydrogens is 579 g/mol. The predicted octanol–water partition coefficient (Wildman–Crippen LogP) is 6.41. The van der Waals surface area contributed by atoms with E-state index in [0.717, 1.165) is 48.7 Å². The van der Waals surface area contributed by atoms with Crippen molar-refractivity contribution in [2.45, 2.75) is 51.6 Å². The number of hydrogen-bond acceptors (Lipinski definition) is 5. The lowest BCUT2D eigenvalue weighted by Gasteiger charge is -2.30. The number of fused-ring (bicyclic) bond motifs is 1. The van der Waals surface area contributed by atoms with Crippen LogP contribution in [0.25, 0.3) is 10.9 Å². The minimum atomic E-state index is -3.20. The number of nitrogens with zero attached hydrogens (tertiary/aromatic N) is 2. The van der Waals surface area contributed by atoms with Crippen molar-refractivity contribution in [2.75, 3.05) is 24.5 Å². The van der Waals surface area contributed by atoms with Gasteiger partial charge in [-0.1, -0.05) is 22.0 Å². The summed E-state index contributed by atoms with van der Waals surface area (Å²) in [6.45, 7) is 0.100. The van der Waals surface area contributed by atoms with Crippen molar-refractivity contribution in [2.24, 2.45) is 0 Å². The van der Waals surface area contributed by atoms with Gasteiger partial charge in [0, 0.05) is 53.0 Å². The average molecular weight is 608 g/mol. The van der Waals surface area contributed by atoms with Crippen LogP contribution in [0.2, 0.25) is 0 Å². The Labute approximate surface area is 232 Å². The van der Waals surface area contributed by atoms with Crippen LogP contribution in [-0.2, 0) is 4.79 Å². The summed E-state index contributed by atoms with van der Waals surface area (Å²) in [6.07, 6.45) is 2.73. The van der Waals surface area contributed by atoms with Crippen LogP contribution in [0.1, 0.15) is 59.5 Å². The number of amides is 1. The molecule has 208 valence electrons. The molecule has 1 fully saturated rings. The highest BCUT2D eigenvalue weighted by Gasteiger charge is 2.26. The first-order valence-corrected chi connectivity index (χ1v) is 13.5. The number of ether oxygens (including phenoxy) is 1. The molecule has 1 aliphatic heterocycles. The molecule has 1 unspecified atom stereocenters. The molecule has 1 aliphatic rings. The third-order valence-electron chi connectivity index (χ3n) is 6.90. The second kappa shape index (κ2) is 12.7. The van der Waals surface area contributed by atoms with Crippen molar-refractivity contribution < 1.29 is 32.6 Å². The Morgan fingerprint density at radius 2 is 1.92 bits per heavy atom. The number of piperidine rings is 1. The monoisotopic (exact) mass is 607 g/mol. The zero-order valence-corrected chi connectivity index (χ0v) is 22.9. The summed E-state index contributed by atoms with van der Waals surface area (Å²) in [5, 5.41) is 12.7. The number of alkyl halides is 2. The van der Waals surface area contributed by atoms with E-state index in [2.05, 4.69) is 30.9 Å². The summed E-state index contributed by atoms with van der Waals surface area (Å²) in [4.78, 5) is 32.0. The van der Waals surface area contributed by atoms with Crippen molar-refractivity contribution in [1.82, 2.24) is 10.3 Å². The molecule has 2 N–H and O–H groups in total. The lowest BCUT2D eigenvalue weighted by atomic mass is 9.92. The molecule has 2 aromatic carbocycles. The lowest BCUT2D eigenvalue weighted by Crippen LogP contribution is -2.33. The van der Waals surface area contributed by atoms with Crippen molar-refractivity contribution in [3.05, 3.63) is 63.4 Å². The van der Waals surface area contributed by atoms with Crippen LogP contribution in [0.5, 0.6) is 5.75 Å². The molecular formula is C28H29BrF3N3O4. The maximum absolute atomic E-state index is 14.9. The maximum Gasteiger partial charge on any atom is 0.387 e. The second-order valence-electron chi connectivity index (χ2n) is 9.51. The summed E-state index contributed by atoms with van der Waals surface area (Å²) in [5.74, 6) is -3.01. The summed E-state index contributed by atoms with van der Waals surface area (Å²) in [5.41, 5.74) is 1.53. The standard InChI is InChI=1S/C28H29BrF3N3O4/c1-16-24(19-14-18(29)9-10-21(19)34-26(16)35-12-3-2-4-13-35)27(38)33-15-17(8-11-23(36)37)25-20(30)6-5-7-22(25)39-28(31)32/h5-7,9-10,14,17,28H,2-4,8,11-13,15H2,1H3,(H,33,38)(H,36,37). The molecule has 1 aromatic heterocycles. The van der Waals surface area contributed by atoms with Crippen LogP contribution >= 0.6 is 15.9 Å². The van der Waals surface area contributed by atoms with E-state index in [1.54, 1.807) is 6.07 Å². The fraction of sp³-hybridized carbons (Fsp3) is 0.393. The zero-order valence-electron chi connectivity index (χ0n) is 21.4. The first-order chi connectivity index (χ1) is 18.7. The topological polar surface area (TPSA) is 91.8 Å². The zero-order chi connectivity index (χ0) is 28.1. The number of rotatable bonds is 10. The number of halogens is 4. The third kappa shape index (κ3) is 6.81. The second-order valence-corrected chi connectivity index (χ2v) is 10.4. The molecule has 4 rings (SSSR count). The Bertz CT molecular complexity index is 1370. The minimum Gasteiger partial charge on any atom is -0.481 e. The van der Waals surface area contributed by atoms with Crippen LogP contribution in [0.4, 0.5) is 19.0 Å². The van der Waals surface area contributed by atoms with Gasteiger partial charge in [-0.3, -0.25) is 9.59 Å². The van der Waals surface area contributed by atoms with Gasteiger partial charge in [-0.25, -0.2) is 9.37 Å². The van der Waals surface area contributed by atoms with Crippen molar-refractivity contribution in [3.63, 3.8) is 0 Å². The summed E-state index contributed by atoms with van der Waals surface area (Å²) in [6, 6.07) is 8.99. The first-order valence-electron chi connectivity index (χ1n) is 12.7. The van der Waals surface area contributed by atoms with E-state index < -0.39 is 36.0 Å². The van der Waals surface area contributed by atoms with Gasteiger partial charge in [0.25, 0.3) is 5.91 Å². The number of carboxylic acids is 1. The van der Waals surface area contributed by atoms with Gasteiger partial charge in [-0.05, 0) is 62.9 Å². The minimum absolute atomic E-state index is 0.100. The highest BCUT2D eigenvalue weighted by atomic mass is 79.9. The molecule has 1 amide bonds. The quantitative estimate of drug-likeness (QED) is 0.276. The first kappa shape index (κ1) is 28.7. The Kier molecular flexibility index (Phi) is 9.32. The van der Waals surface area contributed by atoms with Gasteiger partial charge in [0.2, 0.25) is 0 Å². The molecule has 39 heavy (non-hydrogen) atoms. The van der Waals surface area contributed by atoms with E-state index in [0.29, 0.717) is 22.0 Å².